The van der Waals surface area contributed by atoms with Crippen LogP contribution in [0.1, 0.15) is 41.4 Å². The molecule has 1 rings (SSSR count). The van der Waals surface area contributed by atoms with Crippen molar-refractivity contribution < 1.29 is 29.4 Å². The summed E-state index contributed by atoms with van der Waals surface area (Å²) >= 11 is 0. The lowest BCUT2D eigenvalue weighted by atomic mass is 9.99. The zero-order valence-electron chi connectivity index (χ0n) is 7.84. The predicted molar refractivity (Wildman–Crippen MR) is 51.1 cm³/mol. The Morgan fingerprint density at radius 3 is 1.38 bits per heavy atom. The number of benzene rings is 1. The van der Waals surface area contributed by atoms with Gasteiger partial charge in [0.25, 0.3) is 0 Å². The summed E-state index contributed by atoms with van der Waals surface area (Å²) in [6.07, 6.45) is 0.453. The maximum atomic E-state index is 10.7. The molecule has 0 amide bonds. The van der Waals surface area contributed by atoms with Crippen molar-refractivity contribution in [3.05, 3.63) is 34.4 Å². The molecule has 0 aliphatic heterocycles. The fourth-order valence-electron chi connectivity index (χ4n) is 1.20. The highest BCUT2D eigenvalue weighted by Gasteiger charge is 2.17. The van der Waals surface area contributed by atoms with Gasteiger partial charge < -0.3 is 10.2 Å². The molecule has 0 bridgehead atoms. The Hall–Kier alpha value is -2.50. The monoisotopic (exact) mass is 222 g/mol. The van der Waals surface area contributed by atoms with Crippen molar-refractivity contribution in [2.45, 2.75) is 0 Å². The second kappa shape index (κ2) is 4.35. The normalized spacial score (nSPS) is 9.50. The van der Waals surface area contributed by atoms with Crippen LogP contribution in [-0.4, -0.2) is 34.7 Å². The molecule has 0 saturated heterocycles. The van der Waals surface area contributed by atoms with Crippen molar-refractivity contribution >= 4 is 24.5 Å². The van der Waals surface area contributed by atoms with Gasteiger partial charge in [0, 0.05) is 11.1 Å². The number of hydrogen-bond donors (Lipinski definition) is 2. The lowest BCUT2D eigenvalue weighted by Gasteiger charge is -2.04. The smallest absolute Gasteiger partial charge is 0.336 e. The van der Waals surface area contributed by atoms with Gasteiger partial charge in [-0.1, -0.05) is 0 Å². The van der Waals surface area contributed by atoms with Gasteiger partial charge in [0.15, 0.2) is 12.6 Å². The van der Waals surface area contributed by atoms with Gasteiger partial charge in [-0.15, -0.1) is 0 Å². The molecule has 0 radical (unpaired) electrons. The molecule has 0 saturated carbocycles. The van der Waals surface area contributed by atoms with Crippen molar-refractivity contribution in [1.29, 1.82) is 0 Å². The number of carboxylic acids is 2. The zero-order chi connectivity index (χ0) is 12.3. The first-order chi connectivity index (χ1) is 7.51. The molecule has 82 valence electrons. The first-order valence-electron chi connectivity index (χ1n) is 4.06. The second-order valence-electron chi connectivity index (χ2n) is 2.87. The van der Waals surface area contributed by atoms with Crippen LogP contribution in [-0.2, 0) is 0 Å². The van der Waals surface area contributed by atoms with Crippen molar-refractivity contribution in [1.82, 2.24) is 0 Å². The number of rotatable bonds is 4. The fraction of sp³-hybridized carbons (Fsp3) is 0. The van der Waals surface area contributed by atoms with Crippen LogP contribution in [0.5, 0.6) is 0 Å². The van der Waals surface area contributed by atoms with Crippen LogP contribution in [0.3, 0.4) is 0 Å². The van der Waals surface area contributed by atoms with E-state index in [4.69, 9.17) is 10.2 Å². The molecule has 16 heavy (non-hydrogen) atoms. The van der Waals surface area contributed by atoms with Gasteiger partial charge in [-0.2, -0.15) is 0 Å². The molecule has 0 spiro atoms. The summed E-state index contributed by atoms with van der Waals surface area (Å²) in [5.74, 6) is -2.80. The van der Waals surface area contributed by atoms with E-state index < -0.39 is 23.1 Å². The lowest BCUT2D eigenvalue weighted by molar-refractivity contribution is 0.0678. The first-order valence-corrected chi connectivity index (χ1v) is 4.06. The van der Waals surface area contributed by atoms with Gasteiger partial charge in [0.2, 0.25) is 0 Å². The van der Waals surface area contributed by atoms with Crippen LogP contribution in [0.15, 0.2) is 12.1 Å². The molecule has 6 nitrogen and oxygen atoms in total. The summed E-state index contributed by atoms with van der Waals surface area (Å²) in [6, 6.07) is 1.73. The van der Waals surface area contributed by atoms with Crippen LogP contribution < -0.4 is 0 Å². The van der Waals surface area contributed by atoms with Crippen LogP contribution in [0.4, 0.5) is 0 Å². The van der Waals surface area contributed by atoms with Gasteiger partial charge in [-0.25, -0.2) is 9.59 Å². The number of aldehydes is 2. The van der Waals surface area contributed by atoms with Crippen LogP contribution in [0.2, 0.25) is 0 Å². The third kappa shape index (κ3) is 1.95. The van der Waals surface area contributed by atoms with E-state index in [1.54, 1.807) is 0 Å². The standard InChI is InChI=1S/C10H6O6/c11-3-5-1-7(9(13)14)6(4-12)2-8(5)10(15)16/h1-4H,(H,13,14)(H,15,16). The van der Waals surface area contributed by atoms with E-state index in [-0.39, 0.29) is 23.7 Å². The maximum absolute atomic E-state index is 10.7. The van der Waals surface area contributed by atoms with E-state index >= 15 is 0 Å². The Bertz CT molecular complexity index is 443. The average Bonchev–Trinajstić information content (AvgIpc) is 2.26. The number of carbonyl (C=O) groups is 4. The van der Waals surface area contributed by atoms with Gasteiger partial charge in [0.05, 0.1) is 11.1 Å². The van der Waals surface area contributed by atoms with E-state index in [0.29, 0.717) is 0 Å². The third-order valence-corrected chi connectivity index (χ3v) is 1.94. The molecule has 0 fully saturated rings. The van der Waals surface area contributed by atoms with E-state index in [9.17, 15) is 19.2 Å². The summed E-state index contributed by atoms with van der Waals surface area (Å²) in [7, 11) is 0. The zero-order valence-corrected chi connectivity index (χ0v) is 7.84. The molecular weight excluding hydrogens is 216 g/mol. The number of carbonyl (C=O) groups excluding carboxylic acids is 2. The quantitative estimate of drug-likeness (QED) is 0.726. The van der Waals surface area contributed by atoms with E-state index in [0.717, 1.165) is 12.1 Å². The Kier molecular flexibility index (Phi) is 3.14. The molecule has 0 aliphatic carbocycles. The van der Waals surface area contributed by atoms with Crippen molar-refractivity contribution in [3.8, 4) is 0 Å². The topological polar surface area (TPSA) is 109 Å². The summed E-state index contributed by atoms with van der Waals surface area (Å²) in [6.45, 7) is 0. The number of aromatic carboxylic acids is 2. The SMILES string of the molecule is O=Cc1cc(C(=O)O)c(C=O)cc1C(=O)O. The summed E-state index contributed by atoms with van der Waals surface area (Å²) < 4.78 is 0. The van der Waals surface area contributed by atoms with Crippen LogP contribution >= 0.6 is 0 Å². The maximum Gasteiger partial charge on any atom is 0.336 e. The van der Waals surface area contributed by atoms with Gasteiger partial charge in [0.1, 0.15) is 0 Å². The average molecular weight is 222 g/mol. The van der Waals surface area contributed by atoms with Crippen LogP contribution in [0.25, 0.3) is 0 Å². The molecule has 2 N–H and O–H groups in total. The van der Waals surface area contributed by atoms with Crippen molar-refractivity contribution in [2.24, 2.45) is 0 Å². The summed E-state index contributed by atoms with van der Waals surface area (Å²) in [5, 5.41) is 17.4. The minimum Gasteiger partial charge on any atom is -0.478 e. The molecule has 1 aromatic rings. The summed E-state index contributed by atoms with van der Waals surface area (Å²) in [5.41, 5.74) is -1.37. The molecular formula is C10H6O6. The highest BCUT2D eigenvalue weighted by molar-refractivity contribution is 6.04. The third-order valence-electron chi connectivity index (χ3n) is 1.94. The molecule has 0 aromatic heterocycles. The highest BCUT2D eigenvalue weighted by Crippen LogP contribution is 2.15. The van der Waals surface area contributed by atoms with Crippen molar-refractivity contribution in [3.63, 3.8) is 0 Å². The molecule has 0 atom stereocenters. The van der Waals surface area contributed by atoms with E-state index in [2.05, 4.69) is 0 Å². The number of carboxylic acid groups (broad SMARTS) is 2. The second-order valence-corrected chi connectivity index (χ2v) is 2.87. The minimum atomic E-state index is -1.40. The van der Waals surface area contributed by atoms with Crippen LogP contribution in [0, 0.1) is 0 Å². The lowest BCUT2D eigenvalue weighted by Crippen LogP contribution is -2.09. The van der Waals surface area contributed by atoms with Gasteiger partial charge in [-0.3, -0.25) is 9.59 Å². The Labute approximate surface area is 89.1 Å². The summed E-state index contributed by atoms with van der Waals surface area (Å²) in [4.78, 5) is 42.5. The largest absolute Gasteiger partial charge is 0.478 e. The molecule has 0 heterocycles. The van der Waals surface area contributed by atoms with E-state index in [1.807, 2.05) is 0 Å². The Balaban J connectivity index is 3.58. The fourth-order valence-corrected chi connectivity index (χ4v) is 1.20. The highest BCUT2D eigenvalue weighted by atomic mass is 16.4. The molecule has 6 heteroatoms. The first kappa shape index (κ1) is 11.6. The molecule has 1 aromatic carbocycles. The minimum absolute atomic E-state index is 0.227. The Morgan fingerprint density at radius 1 is 0.875 bits per heavy atom. The van der Waals surface area contributed by atoms with Gasteiger partial charge >= 0.3 is 11.9 Å². The predicted octanol–water partition coefficient (Wildman–Crippen LogP) is 0.708. The van der Waals surface area contributed by atoms with E-state index in [1.165, 1.54) is 0 Å². The van der Waals surface area contributed by atoms with Gasteiger partial charge in [-0.05, 0) is 12.1 Å². The Morgan fingerprint density at radius 2 is 1.19 bits per heavy atom. The number of hydrogen-bond acceptors (Lipinski definition) is 4. The molecule has 0 aliphatic rings. The molecule has 0 unspecified atom stereocenters. The van der Waals surface area contributed by atoms with Crippen molar-refractivity contribution in [2.75, 3.05) is 0 Å².